The third kappa shape index (κ3) is 19.3. The second kappa shape index (κ2) is 36.2. The van der Waals surface area contributed by atoms with Gasteiger partial charge < -0.3 is 57.4 Å². The number of rotatable bonds is 34. The number of benzene rings is 10. The van der Waals surface area contributed by atoms with Gasteiger partial charge >= 0.3 is 0 Å². The Kier molecular flexibility index (Phi) is 25.5. The number of halogens is 2. The molecule has 104 heavy (non-hydrogen) atoms. The molecule has 3 aliphatic heterocycles. The van der Waals surface area contributed by atoms with Crippen molar-refractivity contribution in [2.24, 2.45) is 5.92 Å². The average Bonchev–Trinajstić information content (AvgIpc) is 0.749. The Bertz CT molecular complexity index is 4340. The zero-order valence-corrected chi connectivity index (χ0v) is 58.3. The van der Waals surface area contributed by atoms with Gasteiger partial charge in [0, 0.05) is 5.69 Å². The molecule has 13 atom stereocenters. The Hall–Kier alpha value is -8.96. The van der Waals surface area contributed by atoms with Crippen molar-refractivity contribution in [3.63, 3.8) is 0 Å². The van der Waals surface area contributed by atoms with Crippen LogP contribution in [-0.2, 0) is 108 Å². The number of hydrogen-bond acceptors (Lipinski definition) is 14. The van der Waals surface area contributed by atoms with Crippen LogP contribution in [0, 0.1) is 17.6 Å². The number of aliphatic hydroxyl groups excluding tert-OH is 1. The molecule has 0 radical (unpaired) electrons. The van der Waals surface area contributed by atoms with Gasteiger partial charge in [0.1, 0.15) is 66.6 Å². The lowest BCUT2D eigenvalue weighted by molar-refractivity contribution is -0.362. The van der Waals surface area contributed by atoms with Gasteiger partial charge in [-0.1, -0.05) is 237 Å². The highest BCUT2D eigenvalue weighted by Crippen LogP contribution is 2.47. The molecule has 15 nitrogen and oxygen atoms in total. The molecular weight excluding hydrogens is 1340 g/mol. The van der Waals surface area contributed by atoms with E-state index in [9.17, 15) is 18.7 Å². The Balaban J connectivity index is 0.875. The zero-order chi connectivity index (χ0) is 71.5. The maximum Gasteiger partial charge on any atom is 0.233 e. The van der Waals surface area contributed by atoms with E-state index in [1.54, 1.807) is 17.0 Å². The number of hydrogen-bond donors (Lipinski definition) is 1. The molecule has 10 aromatic carbocycles. The standard InChI is InChI=1S/C86H85F2NO14S/c87-69-40-36-67(37-41-69)74(90)49-48-73-78(89(85(73)91)71-44-42-70(88)43-45-71)68-38-46-72(47-39-68)104(92,93)59-77-80(97-53-63-28-14-4-15-29-63)82(98-54-64-30-16-5-17-31-64)81(76(101-77)58-95-51-61-24-10-2-11-25-61)103-86-84(100-56-66-34-20-7-21-35-66)83(99-55-65-32-18-6-19-33-65)79(96-52-62-26-12-3-13-27-62)75(102-86)57-94-50-60-22-8-1-9-23-60/h1-47,73-84,86,90H,48-59H2/t73-,74+,75?,76?,77?,78-,79-,80-,81-,82-,83+,84+,86?/m1/s1. The first kappa shape index (κ1) is 73.4. The minimum atomic E-state index is -4.34. The van der Waals surface area contributed by atoms with Gasteiger partial charge in [-0.25, -0.2) is 17.2 Å². The van der Waals surface area contributed by atoms with Gasteiger partial charge in [-0.05, 0) is 111 Å². The molecule has 10 aromatic rings. The molecule has 13 rings (SSSR count). The van der Waals surface area contributed by atoms with E-state index in [0.29, 0.717) is 16.8 Å². The molecule has 4 unspecified atom stereocenters. The Morgan fingerprint density at radius 3 is 1.20 bits per heavy atom. The van der Waals surface area contributed by atoms with Gasteiger partial charge in [0.05, 0.1) is 88.2 Å². The minimum Gasteiger partial charge on any atom is -0.388 e. The number of β-lactam (4-membered cyclic amide) rings is 1. The Morgan fingerprint density at radius 1 is 0.404 bits per heavy atom. The van der Waals surface area contributed by atoms with Crippen LogP contribution in [0.2, 0.25) is 0 Å². The van der Waals surface area contributed by atoms with Crippen molar-refractivity contribution in [1.29, 1.82) is 0 Å². The lowest BCUT2D eigenvalue weighted by atomic mass is 9.78. The van der Waals surface area contributed by atoms with Crippen LogP contribution in [0.5, 0.6) is 0 Å². The number of anilines is 1. The molecule has 0 saturated carbocycles. The number of amides is 1. The van der Waals surface area contributed by atoms with E-state index in [0.717, 1.165) is 38.9 Å². The highest BCUT2D eigenvalue weighted by Gasteiger charge is 2.55. The minimum absolute atomic E-state index is 0.0133. The van der Waals surface area contributed by atoms with E-state index in [-0.39, 0.29) is 83.1 Å². The second-order valence-electron chi connectivity index (χ2n) is 26.4. The molecule has 0 aliphatic carbocycles. The number of carbonyl (C=O) groups excluding carboxylic acids is 1. The fourth-order valence-corrected chi connectivity index (χ4v) is 15.1. The summed E-state index contributed by atoms with van der Waals surface area (Å²) < 4.78 is 131. The SMILES string of the molecule is O=C1[C@H](CC[C@H](O)c2ccc(F)cc2)[C@@H](c2ccc(S(=O)(=O)CC3OC(COCc4ccccc4)[C@@H](OC4OC(COCc5ccccc5)[C@@H](OCc5ccccc5)[C@H](OCc5ccccc5)[C@@H]4OCc4ccccc4)[C@H](OCc4ccccc4)[C@@H]3OCc3ccccc3)cc2)N1c1ccc(F)cc1. The van der Waals surface area contributed by atoms with Crippen LogP contribution in [0.4, 0.5) is 14.5 Å². The van der Waals surface area contributed by atoms with Gasteiger partial charge in [0.2, 0.25) is 5.91 Å². The molecule has 1 amide bonds. The van der Waals surface area contributed by atoms with Crippen molar-refractivity contribution in [2.45, 2.75) is 137 Å². The maximum atomic E-state index is 15.6. The average molecular weight is 1430 g/mol. The summed E-state index contributed by atoms with van der Waals surface area (Å²) in [5, 5.41) is 11.2. The third-order valence-corrected chi connectivity index (χ3v) is 20.9. The van der Waals surface area contributed by atoms with E-state index in [2.05, 4.69) is 0 Å². The molecule has 18 heteroatoms. The van der Waals surface area contributed by atoms with Crippen LogP contribution in [0.1, 0.15) is 75.1 Å². The van der Waals surface area contributed by atoms with Crippen molar-refractivity contribution in [2.75, 3.05) is 23.9 Å². The Morgan fingerprint density at radius 2 is 0.769 bits per heavy atom. The molecule has 0 aromatic heterocycles. The second-order valence-corrected chi connectivity index (χ2v) is 28.4. The fourth-order valence-electron chi connectivity index (χ4n) is 13.7. The normalized spacial score (nSPS) is 22.9. The summed E-state index contributed by atoms with van der Waals surface area (Å²) in [5.41, 5.74) is 7.72. The van der Waals surface area contributed by atoms with Crippen molar-refractivity contribution in [3.05, 3.63) is 347 Å². The lowest BCUT2D eigenvalue weighted by Crippen LogP contribution is -2.66. The maximum absolute atomic E-state index is 15.6. The van der Waals surface area contributed by atoms with Crippen LogP contribution in [0.15, 0.2) is 290 Å². The molecular formula is C86H85F2NO14S. The first-order valence-electron chi connectivity index (χ1n) is 35.3. The number of sulfone groups is 1. The fraction of sp³-hybridized carbons (Fsp3) is 0.291. The summed E-state index contributed by atoms with van der Waals surface area (Å²) in [5.74, 6) is -2.42. The number of nitrogens with zero attached hydrogens (tertiary/aromatic N) is 1. The van der Waals surface area contributed by atoms with Crippen molar-refractivity contribution in [1.82, 2.24) is 0 Å². The number of carbonyl (C=O) groups is 1. The van der Waals surface area contributed by atoms with Crippen molar-refractivity contribution in [3.8, 4) is 0 Å². The molecule has 0 bridgehead atoms. The highest BCUT2D eigenvalue weighted by molar-refractivity contribution is 7.91. The quantitative estimate of drug-likeness (QED) is 0.0378. The van der Waals surface area contributed by atoms with E-state index < -0.39 is 107 Å². The summed E-state index contributed by atoms with van der Waals surface area (Å²) in [7, 11) is -4.34. The van der Waals surface area contributed by atoms with Gasteiger partial charge in [-0.2, -0.15) is 0 Å². The summed E-state index contributed by atoms with van der Waals surface area (Å²) in [6.07, 6.45) is -11.3. The van der Waals surface area contributed by atoms with Crippen LogP contribution >= 0.6 is 0 Å². The zero-order valence-electron chi connectivity index (χ0n) is 57.5. The highest BCUT2D eigenvalue weighted by atomic mass is 32.2. The largest absolute Gasteiger partial charge is 0.388 e. The Labute approximate surface area is 606 Å². The van der Waals surface area contributed by atoms with Crippen molar-refractivity contribution >= 4 is 21.4 Å². The molecule has 538 valence electrons. The van der Waals surface area contributed by atoms with Crippen LogP contribution < -0.4 is 4.90 Å². The topological polar surface area (TPSA) is 167 Å². The molecule has 3 saturated heterocycles. The van der Waals surface area contributed by atoms with Gasteiger partial charge in [0.25, 0.3) is 0 Å². The molecule has 3 aliphatic rings. The van der Waals surface area contributed by atoms with E-state index in [4.69, 9.17) is 47.4 Å². The summed E-state index contributed by atoms with van der Waals surface area (Å²) in [6.45, 7) is 0.828. The molecule has 0 spiro atoms. The predicted molar refractivity (Wildman–Crippen MR) is 389 cm³/mol. The van der Waals surface area contributed by atoms with Gasteiger partial charge in [0.15, 0.2) is 16.1 Å². The first-order chi connectivity index (χ1) is 51.0. The summed E-state index contributed by atoms with van der Waals surface area (Å²) >= 11 is 0. The summed E-state index contributed by atoms with van der Waals surface area (Å²) in [6, 6.07) is 85.2. The third-order valence-electron chi connectivity index (χ3n) is 19.1. The van der Waals surface area contributed by atoms with Crippen LogP contribution in [-0.4, -0.2) is 99.6 Å². The van der Waals surface area contributed by atoms with Crippen LogP contribution in [0.25, 0.3) is 0 Å². The smallest absolute Gasteiger partial charge is 0.233 e. The summed E-state index contributed by atoms with van der Waals surface area (Å²) in [4.78, 5) is 15.7. The molecule has 1 N–H and O–H groups in total. The van der Waals surface area contributed by atoms with E-state index in [1.165, 1.54) is 60.7 Å². The monoisotopic (exact) mass is 1430 g/mol. The number of ether oxygens (including phenoxy) is 10. The molecule has 3 fully saturated rings. The van der Waals surface area contributed by atoms with Gasteiger partial charge in [-0.3, -0.25) is 4.79 Å². The molecule has 3 heterocycles. The predicted octanol–water partition coefficient (Wildman–Crippen LogP) is 15.2. The first-order valence-corrected chi connectivity index (χ1v) is 36.9. The van der Waals surface area contributed by atoms with E-state index in [1.807, 2.05) is 212 Å². The van der Waals surface area contributed by atoms with Gasteiger partial charge in [-0.15, -0.1) is 0 Å². The van der Waals surface area contributed by atoms with Crippen LogP contribution in [0.3, 0.4) is 0 Å². The number of aliphatic hydroxyl groups is 1. The van der Waals surface area contributed by atoms with Crippen molar-refractivity contribution < 1.29 is 74.5 Å². The van der Waals surface area contributed by atoms with E-state index >= 15 is 8.42 Å². The lowest BCUT2D eigenvalue weighted by Gasteiger charge is -2.50.